The fourth-order valence-electron chi connectivity index (χ4n) is 2.71. The number of rotatable bonds is 5. The van der Waals surface area contributed by atoms with E-state index < -0.39 is 0 Å². The van der Waals surface area contributed by atoms with E-state index >= 15 is 0 Å². The van der Waals surface area contributed by atoms with Crippen molar-refractivity contribution in [2.75, 3.05) is 6.61 Å². The van der Waals surface area contributed by atoms with Crippen LogP contribution in [-0.4, -0.2) is 22.1 Å². The van der Waals surface area contributed by atoms with E-state index in [0.717, 1.165) is 11.6 Å². The van der Waals surface area contributed by atoms with Crippen LogP contribution in [0.5, 0.6) is 0 Å². The van der Waals surface area contributed by atoms with Crippen LogP contribution in [0.3, 0.4) is 0 Å². The summed E-state index contributed by atoms with van der Waals surface area (Å²) in [5.74, 6) is 0.728. The van der Waals surface area contributed by atoms with Gasteiger partial charge in [-0.25, -0.2) is 4.98 Å². The van der Waals surface area contributed by atoms with Gasteiger partial charge >= 0.3 is 5.97 Å². The Balaban J connectivity index is 1.83. The monoisotopic (exact) mass is 264 g/mol. The lowest BCUT2D eigenvalue weighted by molar-refractivity contribution is -0.143. The molecule has 4 heteroatoms. The van der Waals surface area contributed by atoms with Crippen molar-refractivity contribution in [3.8, 4) is 0 Å². The zero-order valence-corrected chi connectivity index (χ0v) is 12.0. The third kappa shape index (κ3) is 4.08. The van der Waals surface area contributed by atoms with Crippen LogP contribution in [0.1, 0.15) is 57.7 Å². The molecule has 1 heterocycles. The Bertz CT molecular complexity index is 406. The van der Waals surface area contributed by atoms with Gasteiger partial charge in [-0.15, -0.1) is 0 Å². The molecular formula is C15H24N2O2. The van der Waals surface area contributed by atoms with Crippen molar-refractivity contribution in [2.45, 2.75) is 58.4 Å². The molecule has 0 bridgehead atoms. The van der Waals surface area contributed by atoms with Crippen LogP contribution >= 0.6 is 0 Å². The van der Waals surface area contributed by atoms with Gasteiger partial charge in [-0.05, 0) is 38.5 Å². The second-order valence-corrected chi connectivity index (χ2v) is 5.53. The molecule has 19 heavy (non-hydrogen) atoms. The highest BCUT2D eigenvalue weighted by molar-refractivity contribution is 5.69. The summed E-state index contributed by atoms with van der Waals surface area (Å²) in [6.07, 6.45) is 10.2. The highest BCUT2D eigenvalue weighted by Gasteiger charge is 2.19. The predicted octanol–water partition coefficient (Wildman–Crippen LogP) is 3.13. The molecule has 1 aliphatic carbocycles. The molecule has 1 aromatic rings. The molecule has 0 saturated heterocycles. The Morgan fingerprint density at radius 1 is 1.42 bits per heavy atom. The Labute approximate surface area is 115 Å². The van der Waals surface area contributed by atoms with Crippen molar-refractivity contribution in [2.24, 2.45) is 5.92 Å². The molecule has 0 spiro atoms. The molecule has 0 radical (unpaired) electrons. The highest BCUT2D eigenvalue weighted by atomic mass is 16.5. The molecule has 0 unspecified atom stereocenters. The third-order valence-corrected chi connectivity index (χ3v) is 3.95. The molecule has 1 saturated carbocycles. The minimum Gasteiger partial charge on any atom is -0.466 e. The number of esters is 1. The number of hydrogen-bond acceptors (Lipinski definition) is 3. The normalized spacial score (nSPS) is 23.3. The largest absolute Gasteiger partial charge is 0.466 e. The number of carbonyl (C=O) groups excluding carboxylic acids is 1. The van der Waals surface area contributed by atoms with Gasteiger partial charge in [0, 0.05) is 18.7 Å². The Hall–Kier alpha value is -1.32. The lowest BCUT2D eigenvalue weighted by Crippen LogP contribution is -2.15. The summed E-state index contributed by atoms with van der Waals surface area (Å²) >= 11 is 0. The van der Waals surface area contributed by atoms with Gasteiger partial charge in [0.15, 0.2) is 0 Å². The summed E-state index contributed by atoms with van der Waals surface area (Å²) in [4.78, 5) is 15.7. The van der Waals surface area contributed by atoms with E-state index in [1.165, 1.54) is 25.7 Å². The molecule has 1 fully saturated rings. The average molecular weight is 264 g/mol. The van der Waals surface area contributed by atoms with E-state index in [4.69, 9.17) is 4.74 Å². The van der Waals surface area contributed by atoms with Gasteiger partial charge < -0.3 is 9.30 Å². The molecule has 0 N–H and O–H groups in total. The Morgan fingerprint density at radius 2 is 2.16 bits per heavy atom. The van der Waals surface area contributed by atoms with E-state index in [2.05, 4.69) is 22.7 Å². The van der Waals surface area contributed by atoms with E-state index in [0.29, 0.717) is 25.5 Å². The van der Waals surface area contributed by atoms with E-state index in [-0.39, 0.29) is 5.97 Å². The van der Waals surface area contributed by atoms with Crippen LogP contribution in [0.25, 0.3) is 0 Å². The standard InChI is InChI=1S/C15H24N2O2/c1-3-19-15(18)9-6-13-10-17(11-16-13)14-7-4-12(2)5-8-14/h10-12,14H,3-9H2,1-2H3. The number of aryl methyl sites for hydroxylation is 1. The van der Waals surface area contributed by atoms with Gasteiger partial charge in [0.2, 0.25) is 0 Å². The van der Waals surface area contributed by atoms with Crippen molar-refractivity contribution < 1.29 is 9.53 Å². The Morgan fingerprint density at radius 3 is 2.84 bits per heavy atom. The smallest absolute Gasteiger partial charge is 0.306 e. The molecular weight excluding hydrogens is 240 g/mol. The second-order valence-electron chi connectivity index (χ2n) is 5.53. The van der Waals surface area contributed by atoms with Crippen LogP contribution in [0.2, 0.25) is 0 Å². The van der Waals surface area contributed by atoms with Gasteiger partial charge in [-0.2, -0.15) is 0 Å². The first-order valence-electron chi connectivity index (χ1n) is 7.37. The van der Waals surface area contributed by atoms with Crippen LogP contribution in [0.15, 0.2) is 12.5 Å². The van der Waals surface area contributed by atoms with Crippen LogP contribution in [0.4, 0.5) is 0 Å². The van der Waals surface area contributed by atoms with E-state index in [1.54, 1.807) is 0 Å². The number of aromatic nitrogens is 2. The van der Waals surface area contributed by atoms with Crippen LogP contribution in [0, 0.1) is 5.92 Å². The molecule has 0 aromatic carbocycles. The molecule has 0 atom stereocenters. The number of ether oxygens (including phenoxy) is 1. The quantitative estimate of drug-likeness (QED) is 0.767. The lowest BCUT2D eigenvalue weighted by atomic mass is 9.87. The van der Waals surface area contributed by atoms with Crippen molar-refractivity contribution >= 4 is 5.97 Å². The number of carbonyl (C=O) groups is 1. The van der Waals surface area contributed by atoms with Crippen LogP contribution in [-0.2, 0) is 16.0 Å². The second kappa shape index (κ2) is 6.73. The average Bonchev–Trinajstić information content (AvgIpc) is 2.86. The number of nitrogens with zero attached hydrogens (tertiary/aromatic N) is 2. The van der Waals surface area contributed by atoms with Gasteiger partial charge in [0.05, 0.1) is 25.0 Å². The maximum Gasteiger partial charge on any atom is 0.306 e. The maximum atomic E-state index is 11.3. The summed E-state index contributed by atoms with van der Waals surface area (Å²) in [5.41, 5.74) is 0.992. The van der Waals surface area contributed by atoms with Crippen molar-refractivity contribution in [1.82, 2.24) is 9.55 Å². The number of hydrogen-bond donors (Lipinski definition) is 0. The number of imidazole rings is 1. The lowest BCUT2D eigenvalue weighted by Gasteiger charge is -2.26. The van der Waals surface area contributed by atoms with E-state index in [1.807, 2.05) is 13.3 Å². The topological polar surface area (TPSA) is 44.1 Å². The molecule has 0 amide bonds. The molecule has 106 valence electrons. The molecule has 0 aliphatic heterocycles. The first kappa shape index (κ1) is 14.1. The minimum atomic E-state index is -0.136. The third-order valence-electron chi connectivity index (χ3n) is 3.95. The van der Waals surface area contributed by atoms with Crippen molar-refractivity contribution in [3.05, 3.63) is 18.2 Å². The maximum absolute atomic E-state index is 11.3. The molecule has 1 aromatic heterocycles. The minimum absolute atomic E-state index is 0.136. The Kier molecular flexibility index (Phi) is 5.00. The first-order chi connectivity index (χ1) is 9.19. The fraction of sp³-hybridized carbons (Fsp3) is 0.733. The van der Waals surface area contributed by atoms with Gasteiger partial charge in [0.25, 0.3) is 0 Å². The molecule has 2 rings (SSSR count). The highest BCUT2D eigenvalue weighted by Crippen LogP contribution is 2.31. The fourth-order valence-corrected chi connectivity index (χ4v) is 2.71. The molecule has 4 nitrogen and oxygen atoms in total. The zero-order valence-electron chi connectivity index (χ0n) is 12.0. The van der Waals surface area contributed by atoms with Crippen LogP contribution < -0.4 is 0 Å². The zero-order chi connectivity index (χ0) is 13.7. The first-order valence-corrected chi connectivity index (χ1v) is 7.37. The molecule has 1 aliphatic rings. The summed E-state index contributed by atoms with van der Waals surface area (Å²) in [6.45, 7) is 4.61. The van der Waals surface area contributed by atoms with E-state index in [9.17, 15) is 4.79 Å². The van der Waals surface area contributed by atoms with Crippen molar-refractivity contribution in [1.29, 1.82) is 0 Å². The van der Waals surface area contributed by atoms with Gasteiger partial charge in [0.1, 0.15) is 0 Å². The van der Waals surface area contributed by atoms with Crippen molar-refractivity contribution in [3.63, 3.8) is 0 Å². The SMILES string of the molecule is CCOC(=O)CCc1cn(C2CCC(C)CC2)cn1. The van der Waals surface area contributed by atoms with Gasteiger partial charge in [-0.1, -0.05) is 6.92 Å². The predicted molar refractivity (Wildman–Crippen MR) is 73.9 cm³/mol. The summed E-state index contributed by atoms with van der Waals surface area (Å²) in [6, 6.07) is 0.597. The summed E-state index contributed by atoms with van der Waals surface area (Å²) in [5, 5.41) is 0. The summed E-state index contributed by atoms with van der Waals surface area (Å²) < 4.78 is 7.15. The van der Waals surface area contributed by atoms with Gasteiger partial charge in [-0.3, -0.25) is 4.79 Å². The summed E-state index contributed by atoms with van der Waals surface area (Å²) in [7, 11) is 0.